The average molecular weight is 279 g/mol. The van der Waals surface area contributed by atoms with E-state index in [1.54, 1.807) is 0 Å². The number of piperazine rings is 1. The van der Waals surface area contributed by atoms with Crippen LogP contribution < -0.4 is 0 Å². The second-order valence-electron chi connectivity index (χ2n) is 7.51. The molecule has 3 nitrogen and oxygen atoms in total. The van der Waals surface area contributed by atoms with Crippen LogP contribution in [0.2, 0.25) is 0 Å². The number of fused-ring (bicyclic) bond motifs is 2. The van der Waals surface area contributed by atoms with E-state index in [4.69, 9.17) is 0 Å². The molecule has 20 heavy (non-hydrogen) atoms. The average Bonchev–Trinajstić information content (AvgIpc) is 2.70. The van der Waals surface area contributed by atoms with Gasteiger partial charge in [-0.1, -0.05) is 6.92 Å². The van der Waals surface area contributed by atoms with Gasteiger partial charge in [0.1, 0.15) is 0 Å². The Hall–Kier alpha value is -0.120. The standard InChI is InChI=1S/C17H33N3/c1-4-18-12-16-5-6-17(13-18)20(16)11-15-7-9-19(10-8-15)14(2)3/h14-17H,4-13H2,1-3H3. The molecule has 3 aliphatic rings. The molecule has 0 aliphatic carbocycles. The minimum absolute atomic E-state index is 0.736. The highest BCUT2D eigenvalue weighted by Gasteiger charge is 2.40. The molecule has 116 valence electrons. The summed E-state index contributed by atoms with van der Waals surface area (Å²) in [7, 11) is 0. The zero-order valence-corrected chi connectivity index (χ0v) is 13.7. The molecular formula is C17H33N3. The quantitative estimate of drug-likeness (QED) is 0.782. The number of nitrogens with zero attached hydrogens (tertiary/aromatic N) is 3. The van der Waals surface area contributed by atoms with E-state index in [0.717, 1.165) is 24.0 Å². The molecule has 0 amide bonds. The van der Waals surface area contributed by atoms with E-state index >= 15 is 0 Å². The van der Waals surface area contributed by atoms with Gasteiger partial charge in [-0.3, -0.25) is 4.90 Å². The summed E-state index contributed by atoms with van der Waals surface area (Å²) in [6, 6.07) is 2.48. The molecule has 0 spiro atoms. The van der Waals surface area contributed by atoms with Crippen LogP contribution in [0.4, 0.5) is 0 Å². The van der Waals surface area contributed by atoms with Crippen LogP contribution >= 0.6 is 0 Å². The number of hydrogen-bond acceptors (Lipinski definition) is 3. The van der Waals surface area contributed by atoms with Crippen molar-refractivity contribution >= 4 is 0 Å². The van der Waals surface area contributed by atoms with E-state index in [1.807, 2.05) is 0 Å². The van der Waals surface area contributed by atoms with Crippen molar-refractivity contribution in [2.45, 2.75) is 64.6 Å². The lowest BCUT2D eigenvalue weighted by molar-refractivity contribution is 0.0419. The normalized spacial score (nSPS) is 34.2. The Labute approximate surface area is 125 Å². The van der Waals surface area contributed by atoms with Crippen LogP contribution in [0.1, 0.15) is 46.5 Å². The molecule has 2 atom stereocenters. The van der Waals surface area contributed by atoms with Crippen LogP contribution in [-0.2, 0) is 0 Å². The summed E-state index contributed by atoms with van der Waals surface area (Å²) >= 11 is 0. The van der Waals surface area contributed by atoms with E-state index in [9.17, 15) is 0 Å². The molecule has 3 aliphatic heterocycles. The van der Waals surface area contributed by atoms with Gasteiger partial charge in [0.15, 0.2) is 0 Å². The van der Waals surface area contributed by atoms with Crippen molar-refractivity contribution in [3.63, 3.8) is 0 Å². The smallest absolute Gasteiger partial charge is 0.0227 e. The first-order valence-corrected chi connectivity index (χ1v) is 8.89. The van der Waals surface area contributed by atoms with E-state index < -0.39 is 0 Å². The Morgan fingerprint density at radius 1 is 0.950 bits per heavy atom. The molecule has 0 aromatic carbocycles. The molecule has 0 radical (unpaired) electrons. The van der Waals surface area contributed by atoms with Crippen LogP contribution in [-0.4, -0.2) is 72.1 Å². The molecule has 0 aromatic heterocycles. The van der Waals surface area contributed by atoms with E-state index in [-0.39, 0.29) is 0 Å². The SMILES string of the molecule is CCN1CC2CCC(C1)N2CC1CCN(C(C)C)CC1. The molecule has 3 rings (SSSR count). The summed E-state index contributed by atoms with van der Waals surface area (Å²) in [6.45, 7) is 14.9. The lowest BCUT2D eigenvalue weighted by atomic mass is 9.94. The van der Waals surface area contributed by atoms with Crippen molar-refractivity contribution in [3.05, 3.63) is 0 Å². The summed E-state index contributed by atoms with van der Waals surface area (Å²) in [5, 5.41) is 0. The van der Waals surface area contributed by atoms with Gasteiger partial charge in [0, 0.05) is 37.8 Å². The van der Waals surface area contributed by atoms with Gasteiger partial charge in [-0.25, -0.2) is 0 Å². The molecule has 0 saturated carbocycles. The highest BCUT2D eigenvalue weighted by Crippen LogP contribution is 2.32. The molecule has 3 saturated heterocycles. The van der Waals surface area contributed by atoms with E-state index in [2.05, 4.69) is 35.5 Å². The topological polar surface area (TPSA) is 9.72 Å². The van der Waals surface area contributed by atoms with E-state index in [0.29, 0.717) is 0 Å². The Balaban J connectivity index is 1.50. The first-order chi connectivity index (χ1) is 9.67. The lowest BCUT2D eigenvalue weighted by Crippen LogP contribution is -2.55. The van der Waals surface area contributed by atoms with Gasteiger partial charge in [-0.2, -0.15) is 0 Å². The third-order valence-electron chi connectivity index (χ3n) is 6.00. The van der Waals surface area contributed by atoms with Crippen LogP contribution in [0, 0.1) is 5.92 Å². The van der Waals surface area contributed by atoms with Gasteiger partial charge >= 0.3 is 0 Å². The summed E-state index contributed by atoms with van der Waals surface area (Å²) in [5.41, 5.74) is 0. The largest absolute Gasteiger partial charge is 0.301 e. The van der Waals surface area contributed by atoms with Gasteiger partial charge in [0.2, 0.25) is 0 Å². The van der Waals surface area contributed by atoms with Gasteiger partial charge in [-0.15, -0.1) is 0 Å². The molecule has 0 N–H and O–H groups in total. The molecule has 2 bridgehead atoms. The molecule has 3 heteroatoms. The second-order valence-corrected chi connectivity index (χ2v) is 7.51. The van der Waals surface area contributed by atoms with Crippen molar-refractivity contribution in [2.75, 3.05) is 39.3 Å². The Kier molecular flexibility index (Phi) is 4.68. The fourth-order valence-corrected chi connectivity index (χ4v) is 4.58. The number of likely N-dealkylation sites (N-methyl/N-ethyl adjacent to an activating group) is 1. The third kappa shape index (κ3) is 3.05. The zero-order valence-electron chi connectivity index (χ0n) is 13.7. The number of hydrogen-bond donors (Lipinski definition) is 0. The molecular weight excluding hydrogens is 246 g/mol. The summed E-state index contributed by atoms with van der Waals surface area (Å²) < 4.78 is 0. The minimum atomic E-state index is 0.736. The van der Waals surface area contributed by atoms with Crippen LogP contribution in [0.15, 0.2) is 0 Å². The summed E-state index contributed by atoms with van der Waals surface area (Å²) in [6.07, 6.45) is 5.75. The van der Waals surface area contributed by atoms with Crippen molar-refractivity contribution in [1.82, 2.24) is 14.7 Å². The van der Waals surface area contributed by atoms with Crippen molar-refractivity contribution < 1.29 is 0 Å². The number of rotatable bonds is 4. The molecule has 3 heterocycles. The minimum Gasteiger partial charge on any atom is -0.301 e. The van der Waals surface area contributed by atoms with Gasteiger partial charge in [0.25, 0.3) is 0 Å². The Morgan fingerprint density at radius 2 is 1.55 bits per heavy atom. The highest BCUT2D eigenvalue weighted by atomic mass is 15.3. The number of piperidine rings is 1. The predicted molar refractivity (Wildman–Crippen MR) is 85.1 cm³/mol. The zero-order chi connectivity index (χ0) is 14.1. The molecule has 3 fully saturated rings. The van der Waals surface area contributed by atoms with Gasteiger partial charge in [-0.05, 0) is 65.1 Å². The maximum Gasteiger partial charge on any atom is 0.0227 e. The summed E-state index contributed by atoms with van der Waals surface area (Å²) in [4.78, 5) is 8.21. The molecule has 2 unspecified atom stereocenters. The van der Waals surface area contributed by atoms with Crippen molar-refractivity contribution in [1.29, 1.82) is 0 Å². The van der Waals surface area contributed by atoms with Crippen LogP contribution in [0.5, 0.6) is 0 Å². The first kappa shape index (κ1) is 14.8. The maximum atomic E-state index is 2.89. The Morgan fingerprint density at radius 3 is 2.05 bits per heavy atom. The number of likely N-dealkylation sites (tertiary alicyclic amines) is 2. The lowest BCUT2D eigenvalue weighted by Gasteiger charge is -2.43. The Bertz CT molecular complexity index is 295. The second kappa shape index (κ2) is 6.33. The van der Waals surface area contributed by atoms with Crippen molar-refractivity contribution in [3.8, 4) is 0 Å². The first-order valence-electron chi connectivity index (χ1n) is 8.89. The predicted octanol–water partition coefficient (Wildman–Crippen LogP) is 2.28. The van der Waals surface area contributed by atoms with Gasteiger partial charge < -0.3 is 9.80 Å². The monoisotopic (exact) mass is 279 g/mol. The van der Waals surface area contributed by atoms with E-state index in [1.165, 1.54) is 65.0 Å². The third-order valence-corrected chi connectivity index (χ3v) is 6.00. The van der Waals surface area contributed by atoms with Crippen LogP contribution in [0.25, 0.3) is 0 Å². The maximum absolute atomic E-state index is 2.89. The summed E-state index contributed by atoms with van der Waals surface area (Å²) in [5.74, 6) is 0.960. The fraction of sp³-hybridized carbons (Fsp3) is 1.00. The fourth-order valence-electron chi connectivity index (χ4n) is 4.58. The van der Waals surface area contributed by atoms with Crippen molar-refractivity contribution in [2.24, 2.45) is 5.92 Å². The van der Waals surface area contributed by atoms with Crippen LogP contribution in [0.3, 0.4) is 0 Å². The highest BCUT2D eigenvalue weighted by molar-refractivity contribution is 4.96. The molecule has 0 aromatic rings. The van der Waals surface area contributed by atoms with Gasteiger partial charge in [0.05, 0.1) is 0 Å².